The summed E-state index contributed by atoms with van der Waals surface area (Å²) in [6.45, 7) is 7.22. The number of ketones is 2. The lowest BCUT2D eigenvalue weighted by Crippen LogP contribution is -1.87. The van der Waals surface area contributed by atoms with Crippen molar-refractivity contribution < 1.29 is 9.59 Å². The monoisotopic (exact) mass is 186 g/mol. The average Bonchev–Trinajstić information content (AvgIpc) is 2.05. The first kappa shape index (κ1) is 14.8. The van der Waals surface area contributed by atoms with Gasteiger partial charge in [-0.25, -0.2) is 0 Å². The van der Waals surface area contributed by atoms with Gasteiger partial charge >= 0.3 is 0 Å². The molecule has 0 saturated heterocycles. The van der Waals surface area contributed by atoms with Gasteiger partial charge in [0.25, 0.3) is 0 Å². The molecule has 0 aliphatic rings. The number of rotatable bonds is 5. The summed E-state index contributed by atoms with van der Waals surface area (Å²) in [7, 11) is 0. The molecular formula is C11H22O2. The van der Waals surface area contributed by atoms with E-state index in [9.17, 15) is 9.59 Å². The quantitative estimate of drug-likeness (QED) is 0.618. The second-order valence-electron chi connectivity index (χ2n) is 3.21. The maximum atomic E-state index is 10.3. The fourth-order valence-corrected chi connectivity index (χ4v) is 0.624. The molecule has 0 unspecified atom stereocenters. The zero-order valence-electron chi connectivity index (χ0n) is 9.35. The van der Waals surface area contributed by atoms with Crippen LogP contribution in [0, 0.1) is 0 Å². The Morgan fingerprint density at radius 1 is 0.923 bits per heavy atom. The average molecular weight is 186 g/mol. The number of Topliss-reactive ketones (excluding diaryl/α,β-unsaturated/α-hetero) is 2. The fraction of sp³-hybridized carbons (Fsp3) is 0.818. The Labute approximate surface area is 81.7 Å². The molecule has 0 bridgehead atoms. The summed E-state index contributed by atoms with van der Waals surface area (Å²) in [4.78, 5) is 20.1. The molecule has 0 amide bonds. The van der Waals surface area contributed by atoms with Crippen molar-refractivity contribution in [3.8, 4) is 0 Å². The zero-order valence-corrected chi connectivity index (χ0v) is 9.35. The normalized spacial score (nSPS) is 8.62. The molecule has 78 valence electrons. The topological polar surface area (TPSA) is 34.1 Å². The lowest BCUT2D eigenvalue weighted by Gasteiger charge is -1.90. The van der Waals surface area contributed by atoms with Gasteiger partial charge in [0.2, 0.25) is 0 Å². The van der Waals surface area contributed by atoms with Crippen LogP contribution in [0.4, 0.5) is 0 Å². The Morgan fingerprint density at radius 2 is 1.38 bits per heavy atom. The summed E-state index contributed by atoms with van der Waals surface area (Å²) >= 11 is 0. The molecule has 0 fully saturated rings. The summed E-state index contributed by atoms with van der Waals surface area (Å²) < 4.78 is 0. The SMILES string of the molecule is CCC(C)=O.CCCCCC(C)=O. The molecule has 2 heteroatoms. The van der Waals surface area contributed by atoms with Crippen molar-refractivity contribution in [3.63, 3.8) is 0 Å². The highest BCUT2D eigenvalue weighted by molar-refractivity contribution is 5.75. The van der Waals surface area contributed by atoms with E-state index < -0.39 is 0 Å². The third-order valence-electron chi connectivity index (χ3n) is 1.63. The van der Waals surface area contributed by atoms with Gasteiger partial charge < -0.3 is 9.59 Å². The third kappa shape index (κ3) is 24.6. The number of carbonyl (C=O) groups is 2. The van der Waals surface area contributed by atoms with Crippen molar-refractivity contribution >= 4 is 11.6 Å². The number of carbonyl (C=O) groups excluding carboxylic acids is 2. The molecule has 0 radical (unpaired) electrons. The van der Waals surface area contributed by atoms with Crippen LogP contribution in [-0.2, 0) is 9.59 Å². The van der Waals surface area contributed by atoms with Gasteiger partial charge in [0.15, 0.2) is 0 Å². The molecule has 0 aliphatic carbocycles. The van der Waals surface area contributed by atoms with Gasteiger partial charge in [0.05, 0.1) is 0 Å². The van der Waals surface area contributed by atoms with Gasteiger partial charge in [-0.05, 0) is 20.3 Å². The van der Waals surface area contributed by atoms with Crippen molar-refractivity contribution in [2.75, 3.05) is 0 Å². The number of hydrogen-bond donors (Lipinski definition) is 0. The second kappa shape index (κ2) is 11.3. The molecule has 0 rings (SSSR count). The molecule has 0 N–H and O–H groups in total. The highest BCUT2D eigenvalue weighted by Crippen LogP contribution is 1.98. The van der Waals surface area contributed by atoms with Gasteiger partial charge in [0, 0.05) is 12.8 Å². The van der Waals surface area contributed by atoms with Gasteiger partial charge in [-0.15, -0.1) is 0 Å². The van der Waals surface area contributed by atoms with Crippen LogP contribution in [0.3, 0.4) is 0 Å². The van der Waals surface area contributed by atoms with Crippen molar-refractivity contribution in [1.82, 2.24) is 0 Å². The minimum atomic E-state index is 0.255. The Bertz CT molecular complexity index is 139. The van der Waals surface area contributed by atoms with E-state index in [-0.39, 0.29) is 5.78 Å². The molecule has 0 spiro atoms. The molecular weight excluding hydrogens is 164 g/mol. The maximum Gasteiger partial charge on any atom is 0.129 e. The minimum absolute atomic E-state index is 0.255. The van der Waals surface area contributed by atoms with Crippen LogP contribution >= 0.6 is 0 Å². The van der Waals surface area contributed by atoms with E-state index >= 15 is 0 Å². The second-order valence-corrected chi connectivity index (χ2v) is 3.21. The lowest BCUT2D eigenvalue weighted by atomic mass is 10.2. The smallest absolute Gasteiger partial charge is 0.129 e. The minimum Gasteiger partial charge on any atom is -0.300 e. The standard InChI is InChI=1S/C7H14O.C4H8O/c1-3-4-5-6-7(2)8;1-3-4(2)5/h3-6H2,1-2H3;3H2,1-2H3. The van der Waals surface area contributed by atoms with Crippen LogP contribution in [0.15, 0.2) is 0 Å². The first-order valence-electron chi connectivity index (χ1n) is 5.03. The van der Waals surface area contributed by atoms with Crippen LogP contribution in [0.2, 0.25) is 0 Å². The van der Waals surface area contributed by atoms with E-state index in [1.165, 1.54) is 12.8 Å². The van der Waals surface area contributed by atoms with Crippen LogP contribution in [-0.4, -0.2) is 11.6 Å². The first-order valence-corrected chi connectivity index (χ1v) is 5.03. The van der Waals surface area contributed by atoms with Gasteiger partial charge in [-0.3, -0.25) is 0 Å². The van der Waals surface area contributed by atoms with Gasteiger partial charge in [-0.2, -0.15) is 0 Å². The van der Waals surface area contributed by atoms with Crippen molar-refractivity contribution in [3.05, 3.63) is 0 Å². The molecule has 0 atom stereocenters. The van der Waals surface area contributed by atoms with E-state index in [4.69, 9.17) is 0 Å². The number of hydrogen-bond acceptors (Lipinski definition) is 2. The lowest BCUT2D eigenvalue weighted by molar-refractivity contribution is -0.117. The Morgan fingerprint density at radius 3 is 1.62 bits per heavy atom. The largest absolute Gasteiger partial charge is 0.300 e. The summed E-state index contributed by atoms with van der Waals surface area (Å²) in [5.74, 6) is 0.573. The predicted octanol–water partition coefficient (Wildman–Crippen LogP) is 3.14. The van der Waals surface area contributed by atoms with E-state index in [0.717, 1.165) is 12.8 Å². The van der Waals surface area contributed by atoms with E-state index in [1.54, 1.807) is 13.8 Å². The van der Waals surface area contributed by atoms with Crippen molar-refractivity contribution in [1.29, 1.82) is 0 Å². The summed E-state index contributed by atoms with van der Waals surface area (Å²) in [6.07, 6.45) is 4.91. The number of unbranched alkanes of at least 4 members (excludes halogenated alkanes) is 2. The van der Waals surface area contributed by atoms with E-state index in [2.05, 4.69) is 6.92 Å². The van der Waals surface area contributed by atoms with Crippen LogP contribution in [0.25, 0.3) is 0 Å². The summed E-state index contributed by atoms with van der Waals surface area (Å²) in [5, 5.41) is 0. The third-order valence-corrected chi connectivity index (χ3v) is 1.63. The molecule has 0 heterocycles. The summed E-state index contributed by atoms with van der Waals surface area (Å²) in [6, 6.07) is 0. The fourth-order valence-electron chi connectivity index (χ4n) is 0.624. The Kier molecular flexibility index (Phi) is 12.9. The van der Waals surface area contributed by atoms with E-state index in [1.807, 2.05) is 6.92 Å². The molecule has 0 aromatic carbocycles. The molecule has 0 saturated carbocycles. The predicted molar refractivity (Wildman–Crippen MR) is 55.8 cm³/mol. The van der Waals surface area contributed by atoms with Crippen molar-refractivity contribution in [2.45, 2.75) is 59.8 Å². The Balaban J connectivity index is 0. The van der Waals surface area contributed by atoms with E-state index in [0.29, 0.717) is 12.2 Å². The van der Waals surface area contributed by atoms with Crippen molar-refractivity contribution in [2.24, 2.45) is 0 Å². The molecule has 0 aromatic rings. The van der Waals surface area contributed by atoms with Crippen LogP contribution < -0.4 is 0 Å². The van der Waals surface area contributed by atoms with Gasteiger partial charge in [-0.1, -0.05) is 26.7 Å². The zero-order chi connectivity index (χ0) is 10.7. The first-order chi connectivity index (χ1) is 6.04. The highest BCUT2D eigenvalue weighted by Gasteiger charge is 1.89. The highest BCUT2D eigenvalue weighted by atomic mass is 16.1. The molecule has 2 nitrogen and oxygen atoms in total. The summed E-state index contributed by atoms with van der Waals surface area (Å²) in [5.41, 5.74) is 0. The Hall–Kier alpha value is -0.660. The van der Waals surface area contributed by atoms with Crippen LogP contribution in [0.5, 0.6) is 0 Å². The molecule has 0 aromatic heterocycles. The maximum absolute atomic E-state index is 10.3. The van der Waals surface area contributed by atoms with Gasteiger partial charge in [0.1, 0.15) is 11.6 Å². The van der Waals surface area contributed by atoms with Crippen LogP contribution in [0.1, 0.15) is 59.8 Å². The molecule has 13 heavy (non-hydrogen) atoms. The molecule has 0 aliphatic heterocycles.